The molecule has 1 unspecified atom stereocenters. The lowest BCUT2D eigenvalue weighted by molar-refractivity contribution is 0.0925. The van der Waals surface area contributed by atoms with Crippen molar-refractivity contribution in [3.8, 4) is 11.1 Å². The third-order valence-corrected chi connectivity index (χ3v) is 4.82. The van der Waals surface area contributed by atoms with Crippen LogP contribution in [0.5, 0.6) is 0 Å². The fourth-order valence-electron chi connectivity index (χ4n) is 3.45. The minimum atomic E-state index is -0.168. The lowest BCUT2D eigenvalue weighted by Gasteiger charge is -2.22. The molecule has 1 fully saturated rings. The summed E-state index contributed by atoms with van der Waals surface area (Å²) >= 11 is 0. The molecule has 0 spiro atoms. The van der Waals surface area contributed by atoms with Gasteiger partial charge in [0.25, 0.3) is 5.91 Å². The number of rotatable bonds is 8. The highest BCUT2D eigenvalue weighted by Gasteiger charge is 2.22. The number of aliphatic hydroxyl groups is 1. The molecule has 1 aliphatic heterocycles. The predicted molar refractivity (Wildman–Crippen MR) is 97.4 cm³/mol. The summed E-state index contributed by atoms with van der Waals surface area (Å²) in [6.45, 7) is 2.93. The molecule has 0 saturated carbocycles. The van der Waals surface area contributed by atoms with Gasteiger partial charge in [0, 0.05) is 18.2 Å². The number of aliphatic hydroxyl groups excluding tert-OH is 1. The largest absolute Gasteiger partial charge is 0.459 e. The van der Waals surface area contributed by atoms with Gasteiger partial charge in [-0.15, -0.1) is 0 Å². The molecule has 2 aromatic rings. The SMILES string of the molecule is O=C(NCCCCN1CCCC1CO)c1occc1-c1ccccc1. The predicted octanol–water partition coefficient (Wildman–Crippen LogP) is 2.91. The highest BCUT2D eigenvalue weighted by molar-refractivity contribution is 5.98. The summed E-state index contributed by atoms with van der Waals surface area (Å²) in [7, 11) is 0. The van der Waals surface area contributed by atoms with Crippen LogP contribution >= 0.6 is 0 Å². The Morgan fingerprint density at radius 1 is 1.24 bits per heavy atom. The van der Waals surface area contributed by atoms with E-state index in [0.717, 1.165) is 43.5 Å². The summed E-state index contributed by atoms with van der Waals surface area (Å²) in [6, 6.07) is 11.9. The quantitative estimate of drug-likeness (QED) is 0.724. The molecule has 3 rings (SSSR count). The van der Waals surface area contributed by atoms with Crippen molar-refractivity contribution in [1.82, 2.24) is 10.2 Å². The highest BCUT2D eigenvalue weighted by atomic mass is 16.3. The Hall–Kier alpha value is -2.11. The Labute approximate surface area is 148 Å². The van der Waals surface area contributed by atoms with Gasteiger partial charge in [0.2, 0.25) is 0 Å². The lowest BCUT2D eigenvalue weighted by atomic mass is 10.1. The molecular formula is C20H26N2O3. The molecule has 134 valence electrons. The van der Waals surface area contributed by atoms with Crippen LogP contribution in [0.4, 0.5) is 0 Å². The van der Waals surface area contributed by atoms with Crippen LogP contribution in [0.2, 0.25) is 0 Å². The van der Waals surface area contributed by atoms with E-state index in [1.807, 2.05) is 36.4 Å². The molecule has 0 bridgehead atoms. The first-order valence-electron chi connectivity index (χ1n) is 9.05. The third kappa shape index (κ3) is 4.50. The first-order valence-corrected chi connectivity index (χ1v) is 9.05. The summed E-state index contributed by atoms with van der Waals surface area (Å²) < 4.78 is 5.40. The number of nitrogens with zero attached hydrogens (tertiary/aromatic N) is 1. The maximum atomic E-state index is 12.4. The lowest BCUT2D eigenvalue weighted by Crippen LogP contribution is -2.33. The van der Waals surface area contributed by atoms with E-state index in [0.29, 0.717) is 18.3 Å². The first-order chi connectivity index (χ1) is 12.3. The van der Waals surface area contributed by atoms with Crippen molar-refractivity contribution in [3.05, 3.63) is 48.4 Å². The molecule has 1 aromatic carbocycles. The summed E-state index contributed by atoms with van der Waals surface area (Å²) in [5.41, 5.74) is 1.80. The summed E-state index contributed by atoms with van der Waals surface area (Å²) in [5, 5.41) is 12.3. The summed E-state index contributed by atoms with van der Waals surface area (Å²) in [5.74, 6) is 0.198. The fraction of sp³-hybridized carbons (Fsp3) is 0.450. The van der Waals surface area contributed by atoms with Gasteiger partial charge in [-0.3, -0.25) is 9.69 Å². The van der Waals surface area contributed by atoms with E-state index < -0.39 is 0 Å². The third-order valence-electron chi connectivity index (χ3n) is 4.82. The van der Waals surface area contributed by atoms with Gasteiger partial charge in [0.15, 0.2) is 5.76 Å². The average molecular weight is 342 g/mol. The Kier molecular flexibility index (Phi) is 6.25. The molecule has 2 N–H and O–H groups in total. The minimum absolute atomic E-state index is 0.168. The second kappa shape index (κ2) is 8.83. The standard InChI is InChI=1S/C20H26N2O3/c23-15-17-9-6-13-22(17)12-5-4-11-21-20(24)19-18(10-14-25-19)16-7-2-1-3-8-16/h1-3,7-8,10,14,17,23H,4-6,9,11-13,15H2,(H,21,24). The van der Waals surface area contributed by atoms with Crippen molar-refractivity contribution < 1.29 is 14.3 Å². The van der Waals surface area contributed by atoms with Crippen LogP contribution < -0.4 is 5.32 Å². The van der Waals surface area contributed by atoms with Gasteiger partial charge in [0.05, 0.1) is 12.9 Å². The van der Waals surface area contributed by atoms with Gasteiger partial charge in [-0.25, -0.2) is 0 Å². The minimum Gasteiger partial charge on any atom is -0.459 e. The Morgan fingerprint density at radius 2 is 2.08 bits per heavy atom. The van der Waals surface area contributed by atoms with Crippen LogP contribution in [-0.2, 0) is 0 Å². The number of hydrogen-bond donors (Lipinski definition) is 2. The number of benzene rings is 1. The Balaban J connectivity index is 1.44. The molecule has 0 radical (unpaired) electrons. The zero-order valence-electron chi connectivity index (χ0n) is 14.5. The number of nitrogens with one attached hydrogen (secondary N) is 1. The van der Waals surface area contributed by atoms with E-state index in [-0.39, 0.29) is 12.5 Å². The average Bonchev–Trinajstić information content (AvgIpc) is 3.31. The zero-order valence-corrected chi connectivity index (χ0v) is 14.5. The Bertz CT molecular complexity index is 669. The molecular weight excluding hydrogens is 316 g/mol. The smallest absolute Gasteiger partial charge is 0.287 e. The van der Waals surface area contributed by atoms with Gasteiger partial charge < -0.3 is 14.8 Å². The van der Waals surface area contributed by atoms with Gasteiger partial charge >= 0.3 is 0 Å². The molecule has 5 heteroatoms. The topological polar surface area (TPSA) is 65.7 Å². The van der Waals surface area contributed by atoms with E-state index in [1.165, 1.54) is 6.42 Å². The number of carbonyl (C=O) groups excluding carboxylic acids is 1. The van der Waals surface area contributed by atoms with Gasteiger partial charge in [-0.2, -0.15) is 0 Å². The van der Waals surface area contributed by atoms with Crippen LogP contribution in [0.1, 0.15) is 36.2 Å². The van der Waals surface area contributed by atoms with Crippen LogP contribution in [0.3, 0.4) is 0 Å². The monoisotopic (exact) mass is 342 g/mol. The van der Waals surface area contributed by atoms with Crippen molar-refractivity contribution in [2.24, 2.45) is 0 Å². The van der Waals surface area contributed by atoms with Crippen molar-refractivity contribution in [2.45, 2.75) is 31.7 Å². The number of carbonyl (C=O) groups is 1. The van der Waals surface area contributed by atoms with Gasteiger partial charge in [-0.1, -0.05) is 30.3 Å². The highest BCUT2D eigenvalue weighted by Crippen LogP contribution is 2.24. The summed E-state index contributed by atoms with van der Waals surface area (Å²) in [4.78, 5) is 14.7. The molecule has 25 heavy (non-hydrogen) atoms. The first kappa shape index (κ1) is 17.7. The van der Waals surface area contributed by atoms with Crippen molar-refractivity contribution >= 4 is 5.91 Å². The molecule has 2 heterocycles. The molecule has 0 aliphatic carbocycles. The fourth-order valence-corrected chi connectivity index (χ4v) is 3.45. The van der Waals surface area contributed by atoms with E-state index >= 15 is 0 Å². The van der Waals surface area contributed by atoms with Crippen molar-refractivity contribution in [3.63, 3.8) is 0 Å². The van der Waals surface area contributed by atoms with Gasteiger partial charge in [-0.05, 0) is 50.4 Å². The number of unbranched alkanes of at least 4 members (excludes halogenated alkanes) is 1. The molecule has 5 nitrogen and oxygen atoms in total. The molecule has 1 atom stereocenters. The molecule has 1 amide bonds. The van der Waals surface area contributed by atoms with Gasteiger partial charge in [0.1, 0.15) is 0 Å². The van der Waals surface area contributed by atoms with Crippen LogP contribution in [0.15, 0.2) is 47.1 Å². The van der Waals surface area contributed by atoms with E-state index in [9.17, 15) is 9.90 Å². The maximum absolute atomic E-state index is 12.4. The normalized spacial score (nSPS) is 17.7. The second-order valence-corrected chi connectivity index (χ2v) is 6.51. The number of furan rings is 1. The molecule has 1 aromatic heterocycles. The van der Waals surface area contributed by atoms with Crippen LogP contribution in [-0.4, -0.2) is 48.2 Å². The van der Waals surface area contributed by atoms with E-state index in [1.54, 1.807) is 6.26 Å². The van der Waals surface area contributed by atoms with Crippen LogP contribution in [0, 0.1) is 0 Å². The van der Waals surface area contributed by atoms with Crippen LogP contribution in [0.25, 0.3) is 11.1 Å². The van der Waals surface area contributed by atoms with E-state index in [4.69, 9.17) is 4.42 Å². The molecule has 1 aliphatic rings. The number of amides is 1. The second-order valence-electron chi connectivity index (χ2n) is 6.51. The zero-order chi connectivity index (χ0) is 17.5. The molecule has 1 saturated heterocycles. The van der Waals surface area contributed by atoms with E-state index in [2.05, 4.69) is 10.2 Å². The van der Waals surface area contributed by atoms with Crippen molar-refractivity contribution in [1.29, 1.82) is 0 Å². The van der Waals surface area contributed by atoms with Crippen molar-refractivity contribution in [2.75, 3.05) is 26.2 Å². The Morgan fingerprint density at radius 3 is 2.88 bits per heavy atom. The maximum Gasteiger partial charge on any atom is 0.287 e. The summed E-state index contributed by atoms with van der Waals surface area (Å²) in [6.07, 6.45) is 5.75. The number of likely N-dealkylation sites (tertiary alicyclic amines) is 1. The number of hydrogen-bond acceptors (Lipinski definition) is 4.